The molecule has 29 heavy (non-hydrogen) atoms. The molecule has 2 aromatic heterocycles. The van der Waals surface area contributed by atoms with Crippen molar-refractivity contribution in [2.75, 3.05) is 12.4 Å². The number of carbonyl (C=O) groups excluding carboxylic acids is 1. The van der Waals surface area contributed by atoms with Crippen LogP contribution >= 0.6 is 11.6 Å². The van der Waals surface area contributed by atoms with Crippen LogP contribution in [-0.2, 0) is 0 Å². The number of aromatic nitrogens is 3. The molecule has 8 heteroatoms. The number of amides is 1. The molecular formula is C21H16ClFN4O2. The Kier molecular flexibility index (Phi) is 4.90. The van der Waals surface area contributed by atoms with Gasteiger partial charge in [0.25, 0.3) is 5.91 Å². The van der Waals surface area contributed by atoms with Crippen LogP contribution in [0.5, 0.6) is 5.75 Å². The summed E-state index contributed by atoms with van der Waals surface area (Å²) in [6.45, 7) is 1.78. The molecule has 0 saturated heterocycles. The van der Waals surface area contributed by atoms with Crippen LogP contribution in [0.1, 0.15) is 16.1 Å². The van der Waals surface area contributed by atoms with E-state index in [9.17, 15) is 9.18 Å². The first-order chi connectivity index (χ1) is 14.0. The van der Waals surface area contributed by atoms with Gasteiger partial charge in [-0.25, -0.2) is 13.9 Å². The number of aryl methyl sites for hydroxylation is 1. The number of carbonyl (C=O) groups is 1. The minimum atomic E-state index is -0.550. The Morgan fingerprint density at radius 3 is 2.62 bits per heavy atom. The summed E-state index contributed by atoms with van der Waals surface area (Å²) in [6, 6.07) is 11.6. The molecule has 0 aliphatic rings. The van der Waals surface area contributed by atoms with Crippen molar-refractivity contribution in [2.24, 2.45) is 0 Å². The predicted octanol–water partition coefficient (Wildman–Crippen LogP) is 4.76. The molecule has 6 nitrogen and oxygen atoms in total. The zero-order valence-corrected chi connectivity index (χ0v) is 16.4. The maximum absolute atomic E-state index is 13.3. The summed E-state index contributed by atoms with van der Waals surface area (Å²) in [4.78, 5) is 17.1. The maximum Gasteiger partial charge on any atom is 0.259 e. The van der Waals surface area contributed by atoms with E-state index in [0.29, 0.717) is 22.6 Å². The van der Waals surface area contributed by atoms with Gasteiger partial charge in [-0.05, 0) is 42.8 Å². The summed E-state index contributed by atoms with van der Waals surface area (Å²) in [5.41, 5.74) is 3.77. The Morgan fingerprint density at radius 2 is 1.93 bits per heavy atom. The summed E-state index contributed by atoms with van der Waals surface area (Å²) in [6.07, 6.45) is 3.21. The van der Waals surface area contributed by atoms with Crippen molar-refractivity contribution in [1.29, 1.82) is 0 Å². The number of nitrogens with one attached hydrogen (secondary N) is 1. The van der Waals surface area contributed by atoms with Gasteiger partial charge in [-0.2, -0.15) is 5.10 Å². The number of anilines is 1. The van der Waals surface area contributed by atoms with E-state index in [1.807, 2.05) is 24.3 Å². The Balaban J connectivity index is 1.67. The lowest BCUT2D eigenvalue weighted by Gasteiger charge is -2.09. The van der Waals surface area contributed by atoms with Crippen LogP contribution in [0.15, 0.2) is 54.9 Å². The van der Waals surface area contributed by atoms with Crippen LogP contribution in [0.3, 0.4) is 0 Å². The first-order valence-electron chi connectivity index (χ1n) is 8.72. The molecule has 146 valence electrons. The number of rotatable bonds is 4. The molecule has 0 spiro atoms. The molecular weight excluding hydrogens is 395 g/mol. The standard InChI is InChI=1S/C21H16ClFN4O2/c1-12-16(21(28)26-14-5-8-19(23)18(22)9-14)10-24-20-17(11-25-27(12)20)13-3-6-15(29-2)7-4-13/h3-11H,1-2H3,(H,26,28). The molecule has 0 radical (unpaired) electrons. The van der Waals surface area contributed by atoms with Gasteiger partial charge in [0.2, 0.25) is 0 Å². The number of fused-ring (bicyclic) bond motifs is 1. The Morgan fingerprint density at radius 1 is 1.17 bits per heavy atom. The third-order valence-electron chi connectivity index (χ3n) is 4.59. The second kappa shape index (κ2) is 7.52. The zero-order valence-electron chi connectivity index (χ0n) is 15.6. The highest BCUT2D eigenvalue weighted by Crippen LogP contribution is 2.27. The van der Waals surface area contributed by atoms with Gasteiger partial charge < -0.3 is 10.1 Å². The monoisotopic (exact) mass is 410 g/mol. The van der Waals surface area contributed by atoms with Crippen LogP contribution in [-0.4, -0.2) is 27.6 Å². The highest BCUT2D eigenvalue weighted by molar-refractivity contribution is 6.31. The molecule has 4 aromatic rings. The van der Waals surface area contributed by atoms with E-state index in [1.165, 1.54) is 24.4 Å². The van der Waals surface area contributed by atoms with Gasteiger partial charge in [-0.15, -0.1) is 0 Å². The topological polar surface area (TPSA) is 68.5 Å². The van der Waals surface area contributed by atoms with Gasteiger partial charge in [0.05, 0.1) is 29.6 Å². The normalized spacial score (nSPS) is 10.9. The summed E-state index contributed by atoms with van der Waals surface area (Å²) in [5.74, 6) is -0.179. The quantitative estimate of drug-likeness (QED) is 0.526. The molecule has 0 bridgehead atoms. The lowest BCUT2D eigenvalue weighted by atomic mass is 10.1. The third-order valence-corrected chi connectivity index (χ3v) is 4.88. The van der Waals surface area contributed by atoms with E-state index in [0.717, 1.165) is 16.9 Å². The molecule has 2 aromatic carbocycles. The molecule has 0 atom stereocenters. The summed E-state index contributed by atoms with van der Waals surface area (Å²) < 4.78 is 20.1. The Hall–Kier alpha value is -3.45. The Bertz CT molecular complexity index is 1220. The van der Waals surface area contributed by atoms with E-state index < -0.39 is 5.82 Å². The average Bonchev–Trinajstić information content (AvgIpc) is 3.16. The van der Waals surface area contributed by atoms with Crippen LogP contribution in [0.2, 0.25) is 5.02 Å². The summed E-state index contributed by atoms with van der Waals surface area (Å²) in [5, 5.41) is 7.02. The number of methoxy groups -OCH3 is 1. The van der Waals surface area contributed by atoms with Gasteiger partial charge in [0.15, 0.2) is 5.65 Å². The number of benzene rings is 2. The highest BCUT2D eigenvalue weighted by atomic mass is 35.5. The fourth-order valence-corrected chi connectivity index (χ4v) is 3.19. The number of ether oxygens (including phenoxy) is 1. The number of nitrogens with zero attached hydrogens (tertiary/aromatic N) is 3. The van der Waals surface area contributed by atoms with Gasteiger partial charge in [0.1, 0.15) is 11.6 Å². The fraction of sp³-hybridized carbons (Fsp3) is 0.0952. The highest BCUT2D eigenvalue weighted by Gasteiger charge is 2.17. The van der Waals surface area contributed by atoms with Crippen molar-refractivity contribution in [2.45, 2.75) is 6.92 Å². The Labute approximate surface area is 170 Å². The largest absolute Gasteiger partial charge is 0.497 e. The van der Waals surface area contributed by atoms with Gasteiger partial charge in [0, 0.05) is 17.4 Å². The number of hydrogen-bond acceptors (Lipinski definition) is 4. The van der Waals surface area contributed by atoms with Gasteiger partial charge in [-0.3, -0.25) is 4.79 Å². The van der Waals surface area contributed by atoms with E-state index >= 15 is 0 Å². The van der Waals surface area contributed by atoms with Crippen LogP contribution in [0.4, 0.5) is 10.1 Å². The first-order valence-corrected chi connectivity index (χ1v) is 9.10. The van der Waals surface area contributed by atoms with Crippen molar-refractivity contribution >= 4 is 28.8 Å². The molecule has 4 rings (SSSR count). The van der Waals surface area contributed by atoms with E-state index in [4.69, 9.17) is 16.3 Å². The summed E-state index contributed by atoms with van der Waals surface area (Å²) in [7, 11) is 1.61. The lowest BCUT2D eigenvalue weighted by Crippen LogP contribution is -2.16. The van der Waals surface area contributed by atoms with Crippen molar-refractivity contribution in [3.63, 3.8) is 0 Å². The van der Waals surface area contributed by atoms with Gasteiger partial charge in [-0.1, -0.05) is 23.7 Å². The molecule has 1 N–H and O–H groups in total. The predicted molar refractivity (Wildman–Crippen MR) is 109 cm³/mol. The minimum absolute atomic E-state index is 0.0655. The summed E-state index contributed by atoms with van der Waals surface area (Å²) >= 11 is 5.77. The van der Waals surface area contributed by atoms with E-state index in [-0.39, 0.29) is 10.9 Å². The molecule has 2 heterocycles. The molecule has 1 amide bonds. The maximum atomic E-state index is 13.3. The molecule has 0 aliphatic carbocycles. The molecule has 0 aliphatic heterocycles. The van der Waals surface area contributed by atoms with Crippen molar-refractivity contribution < 1.29 is 13.9 Å². The van der Waals surface area contributed by atoms with E-state index in [1.54, 1.807) is 24.7 Å². The number of hydrogen-bond donors (Lipinski definition) is 1. The third kappa shape index (κ3) is 3.52. The smallest absolute Gasteiger partial charge is 0.259 e. The molecule has 0 unspecified atom stereocenters. The van der Waals surface area contributed by atoms with Crippen LogP contribution in [0, 0.1) is 12.7 Å². The molecule has 0 fully saturated rings. The average molecular weight is 411 g/mol. The van der Waals surface area contributed by atoms with Crippen LogP contribution < -0.4 is 10.1 Å². The lowest BCUT2D eigenvalue weighted by molar-refractivity contribution is 0.102. The van der Waals surface area contributed by atoms with Gasteiger partial charge >= 0.3 is 0 Å². The molecule has 0 saturated carbocycles. The first kappa shape index (κ1) is 18.9. The second-order valence-corrected chi connectivity index (χ2v) is 6.77. The SMILES string of the molecule is COc1ccc(-c2cnn3c(C)c(C(=O)Nc4ccc(F)c(Cl)c4)cnc23)cc1. The van der Waals surface area contributed by atoms with Crippen molar-refractivity contribution in [3.05, 3.63) is 77.0 Å². The zero-order chi connectivity index (χ0) is 20.5. The number of halogens is 2. The second-order valence-electron chi connectivity index (χ2n) is 6.36. The van der Waals surface area contributed by atoms with E-state index in [2.05, 4.69) is 15.4 Å². The van der Waals surface area contributed by atoms with Crippen LogP contribution in [0.25, 0.3) is 16.8 Å². The van der Waals surface area contributed by atoms with Crippen molar-refractivity contribution in [3.8, 4) is 16.9 Å². The van der Waals surface area contributed by atoms with Crippen molar-refractivity contribution in [1.82, 2.24) is 14.6 Å². The fourth-order valence-electron chi connectivity index (χ4n) is 3.01. The minimum Gasteiger partial charge on any atom is -0.497 e.